The van der Waals surface area contributed by atoms with Gasteiger partial charge in [-0.15, -0.1) is 0 Å². The van der Waals surface area contributed by atoms with Crippen molar-refractivity contribution in [3.63, 3.8) is 0 Å². The van der Waals surface area contributed by atoms with Gasteiger partial charge in [-0.3, -0.25) is 4.79 Å². The van der Waals surface area contributed by atoms with E-state index in [0.29, 0.717) is 13.1 Å². The summed E-state index contributed by atoms with van der Waals surface area (Å²) in [5.41, 5.74) is 8.91. The number of nitrogens with one attached hydrogen (secondary N) is 1. The van der Waals surface area contributed by atoms with Crippen molar-refractivity contribution in [3.8, 4) is 5.75 Å². The average molecular weight is 264 g/mol. The first-order valence-electron chi connectivity index (χ1n) is 6.61. The summed E-state index contributed by atoms with van der Waals surface area (Å²) in [6.07, 6.45) is 0.759. The molecule has 1 atom stereocenters. The number of ether oxygens (including phenoxy) is 1. The molecule has 1 aromatic rings. The summed E-state index contributed by atoms with van der Waals surface area (Å²) < 4.78 is 5.42. The standard InChI is InChI=1S/C15H24N2O2/c1-10-7-11(2)14(19-4)13(8-10)5-6-17-15(18)12(3)9-16/h7-8,12H,5-6,9,16H2,1-4H3,(H,17,18). The Morgan fingerprint density at radius 2 is 2.11 bits per heavy atom. The van der Waals surface area contributed by atoms with Gasteiger partial charge in [-0.1, -0.05) is 24.6 Å². The molecule has 0 aliphatic heterocycles. The van der Waals surface area contributed by atoms with E-state index in [4.69, 9.17) is 10.5 Å². The molecule has 0 heterocycles. The van der Waals surface area contributed by atoms with Crippen LogP contribution in [0.25, 0.3) is 0 Å². The zero-order chi connectivity index (χ0) is 14.4. The second-order valence-electron chi connectivity index (χ2n) is 4.95. The van der Waals surface area contributed by atoms with Crippen LogP contribution in [0.3, 0.4) is 0 Å². The van der Waals surface area contributed by atoms with E-state index < -0.39 is 0 Å². The number of hydrogen-bond donors (Lipinski definition) is 2. The highest BCUT2D eigenvalue weighted by Crippen LogP contribution is 2.25. The monoisotopic (exact) mass is 264 g/mol. The van der Waals surface area contributed by atoms with E-state index in [9.17, 15) is 4.79 Å². The third-order valence-corrected chi connectivity index (χ3v) is 3.19. The highest BCUT2D eigenvalue weighted by atomic mass is 16.5. The molecule has 0 saturated heterocycles. The Kier molecular flexibility index (Phi) is 5.83. The summed E-state index contributed by atoms with van der Waals surface area (Å²) in [5.74, 6) is 0.777. The smallest absolute Gasteiger partial charge is 0.224 e. The van der Waals surface area contributed by atoms with Crippen LogP contribution < -0.4 is 15.8 Å². The van der Waals surface area contributed by atoms with Crippen LogP contribution in [-0.4, -0.2) is 26.1 Å². The summed E-state index contributed by atoms with van der Waals surface area (Å²) in [7, 11) is 1.68. The van der Waals surface area contributed by atoms with Crippen LogP contribution in [-0.2, 0) is 11.2 Å². The third-order valence-electron chi connectivity index (χ3n) is 3.19. The number of carbonyl (C=O) groups excluding carboxylic acids is 1. The first kappa shape index (κ1) is 15.5. The van der Waals surface area contributed by atoms with E-state index in [1.807, 2.05) is 13.8 Å². The van der Waals surface area contributed by atoms with Crippen molar-refractivity contribution in [2.45, 2.75) is 27.2 Å². The maximum absolute atomic E-state index is 11.6. The van der Waals surface area contributed by atoms with Crippen LogP contribution in [0, 0.1) is 19.8 Å². The summed E-state index contributed by atoms with van der Waals surface area (Å²) in [6, 6.07) is 4.20. The fraction of sp³-hybridized carbons (Fsp3) is 0.533. The number of hydrogen-bond acceptors (Lipinski definition) is 3. The van der Waals surface area contributed by atoms with Gasteiger partial charge in [0.15, 0.2) is 0 Å². The van der Waals surface area contributed by atoms with Crippen LogP contribution in [0.15, 0.2) is 12.1 Å². The van der Waals surface area contributed by atoms with Crippen molar-refractivity contribution >= 4 is 5.91 Å². The normalized spacial score (nSPS) is 12.1. The molecule has 1 amide bonds. The lowest BCUT2D eigenvalue weighted by molar-refractivity contribution is -0.124. The number of rotatable bonds is 6. The fourth-order valence-corrected chi connectivity index (χ4v) is 2.12. The summed E-state index contributed by atoms with van der Waals surface area (Å²) in [4.78, 5) is 11.6. The molecule has 0 saturated carbocycles. The lowest BCUT2D eigenvalue weighted by Crippen LogP contribution is -2.34. The van der Waals surface area contributed by atoms with Crippen LogP contribution in [0.5, 0.6) is 5.75 Å². The van der Waals surface area contributed by atoms with Crippen LogP contribution in [0.1, 0.15) is 23.6 Å². The molecule has 0 aromatic heterocycles. The molecular weight excluding hydrogens is 240 g/mol. The number of benzene rings is 1. The van der Waals surface area contributed by atoms with Crippen LogP contribution in [0.4, 0.5) is 0 Å². The van der Waals surface area contributed by atoms with Gasteiger partial charge in [-0.25, -0.2) is 0 Å². The lowest BCUT2D eigenvalue weighted by Gasteiger charge is -2.14. The Balaban J connectivity index is 2.65. The molecule has 1 unspecified atom stereocenters. The van der Waals surface area contributed by atoms with Gasteiger partial charge in [0, 0.05) is 19.0 Å². The first-order chi connectivity index (χ1) is 8.99. The predicted octanol–water partition coefficient (Wildman–Crippen LogP) is 1.57. The molecule has 0 radical (unpaired) electrons. The van der Waals surface area contributed by atoms with E-state index in [2.05, 4.69) is 24.4 Å². The highest BCUT2D eigenvalue weighted by molar-refractivity contribution is 5.78. The Bertz CT molecular complexity index is 444. The van der Waals surface area contributed by atoms with E-state index in [0.717, 1.165) is 23.3 Å². The molecule has 3 N–H and O–H groups in total. The van der Waals surface area contributed by atoms with Gasteiger partial charge in [0.25, 0.3) is 0 Å². The Morgan fingerprint density at radius 3 is 2.68 bits per heavy atom. The van der Waals surface area contributed by atoms with E-state index in [1.165, 1.54) is 5.56 Å². The number of nitrogens with two attached hydrogens (primary N) is 1. The number of amides is 1. The van der Waals surface area contributed by atoms with E-state index >= 15 is 0 Å². The van der Waals surface area contributed by atoms with E-state index in [-0.39, 0.29) is 11.8 Å². The molecule has 4 heteroatoms. The molecule has 1 rings (SSSR count). The molecule has 0 spiro atoms. The second-order valence-corrected chi connectivity index (χ2v) is 4.95. The SMILES string of the molecule is COc1c(C)cc(C)cc1CCNC(=O)C(C)CN. The van der Waals surface area contributed by atoms with Gasteiger partial charge >= 0.3 is 0 Å². The minimum absolute atomic E-state index is 0.00541. The fourth-order valence-electron chi connectivity index (χ4n) is 2.12. The molecule has 1 aromatic carbocycles. The van der Waals surface area contributed by atoms with Crippen LogP contribution >= 0.6 is 0 Å². The molecule has 19 heavy (non-hydrogen) atoms. The zero-order valence-corrected chi connectivity index (χ0v) is 12.2. The van der Waals surface area contributed by atoms with Crippen LogP contribution in [0.2, 0.25) is 0 Å². The largest absolute Gasteiger partial charge is 0.496 e. The highest BCUT2D eigenvalue weighted by Gasteiger charge is 2.11. The number of aryl methyl sites for hydroxylation is 2. The van der Waals surface area contributed by atoms with Crippen molar-refractivity contribution in [1.29, 1.82) is 0 Å². The van der Waals surface area contributed by atoms with Gasteiger partial charge in [-0.2, -0.15) is 0 Å². The van der Waals surface area contributed by atoms with Crippen molar-refractivity contribution in [3.05, 3.63) is 28.8 Å². The van der Waals surface area contributed by atoms with Crippen molar-refractivity contribution in [2.24, 2.45) is 11.7 Å². The second kappa shape index (κ2) is 7.14. The molecule has 0 aliphatic rings. The Hall–Kier alpha value is -1.55. The zero-order valence-electron chi connectivity index (χ0n) is 12.2. The van der Waals surface area contributed by atoms with Gasteiger partial charge in [-0.05, 0) is 31.4 Å². The minimum Gasteiger partial charge on any atom is -0.496 e. The van der Waals surface area contributed by atoms with Gasteiger partial charge < -0.3 is 15.8 Å². The molecule has 0 aliphatic carbocycles. The quantitative estimate of drug-likeness (QED) is 0.819. The van der Waals surface area contributed by atoms with E-state index in [1.54, 1.807) is 7.11 Å². The predicted molar refractivity (Wildman–Crippen MR) is 77.4 cm³/mol. The first-order valence-corrected chi connectivity index (χ1v) is 6.61. The molecule has 4 nitrogen and oxygen atoms in total. The minimum atomic E-state index is -0.138. The van der Waals surface area contributed by atoms with Gasteiger partial charge in [0.1, 0.15) is 5.75 Å². The summed E-state index contributed by atoms with van der Waals surface area (Å²) >= 11 is 0. The van der Waals surface area contributed by atoms with Gasteiger partial charge in [0.05, 0.1) is 7.11 Å². The third kappa shape index (κ3) is 4.24. The number of methoxy groups -OCH3 is 1. The molecular formula is C15H24N2O2. The maximum atomic E-state index is 11.6. The Morgan fingerprint density at radius 1 is 1.42 bits per heavy atom. The summed E-state index contributed by atoms with van der Waals surface area (Å²) in [5, 5.41) is 2.90. The number of carbonyl (C=O) groups is 1. The van der Waals surface area contributed by atoms with Crippen molar-refractivity contribution < 1.29 is 9.53 Å². The average Bonchev–Trinajstić information content (AvgIpc) is 2.37. The van der Waals surface area contributed by atoms with Crippen molar-refractivity contribution in [2.75, 3.05) is 20.2 Å². The topological polar surface area (TPSA) is 64.3 Å². The Labute approximate surface area is 115 Å². The molecule has 0 bridgehead atoms. The maximum Gasteiger partial charge on any atom is 0.224 e. The molecule has 106 valence electrons. The van der Waals surface area contributed by atoms with Gasteiger partial charge in [0.2, 0.25) is 5.91 Å². The molecule has 0 fully saturated rings. The summed E-state index contributed by atoms with van der Waals surface area (Å²) in [6.45, 7) is 6.89. The van der Waals surface area contributed by atoms with Crippen molar-refractivity contribution in [1.82, 2.24) is 5.32 Å². The lowest BCUT2D eigenvalue weighted by atomic mass is 10.0.